The van der Waals surface area contributed by atoms with Gasteiger partial charge in [-0.05, 0) is 29.8 Å². The second kappa shape index (κ2) is 8.85. The van der Waals surface area contributed by atoms with Crippen molar-refractivity contribution in [2.24, 2.45) is 0 Å². The number of sulfonamides is 1. The summed E-state index contributed by atoms with van der Waals surface area (Å²) in [7, 11) is -4.26. The van der Waals surface area contributed by atoms with Crippen molar-refractivity contribution in [2.75, 3.05) is 13.1 Å². The van der Waals surface area contributed by atoms with Gasteiger partial charge in [0.2, 0.25) is 21.7 Å². The van der Waals surface area contributed by atoms with Gasteiger partial charge in [0.1, 0.15) is 5.82 Å². The minimum Gasteiger partial charge on any atom is -0.351 e. The lowest BCUT2D eigenvalue weighted by atomic mass is 10.2. The van der Waals surface area contributed by atoms with E-state index in [-0.39, 0.29) is 13.1 Å². The Morgan fingerprint density at radius 1 is 1.18 bits per heavy atom. The van der Waals surface area contributed by atoms with Gasteiger partial charge in [0.25, 0.3) is 0 Å². The molecule has 2 rings (SSSR count). The lowest BCUT2D eigenvalue weighted by Crippen LogP contribution is -2.40. The Morgan fingerprint density at radius 3 is 2.39 bits per heavy atom. The smallest absolute Gasteiger partial charge is 0.306 e. The fraction of sp³-hybridized carbons (Fsp3) is 0.235. The molecule has 0 saturated heterocycles. The molecule has 150 valence electrons. The Balaban J connectivity index is 2.12. The van der Waals surface area contributed by atoms with Gasteiger partial charge in [0.05, 0.1) is 16.4 Å². The molecule has 11 heteroatoms. The third-order valence-electron chi connectivity index (χ3n) is 3.83. The number of rotatable bonds is 8. The fourth-order valence-electron chi connectivity index (χ4n) is 2.33. The third-order valence-corrected chi connectivity index (χ3v) is 5.74. The zero-order valence-electron chi connectivity index (χ0n) is 14.8. The molecule has 1 N–H and O–H groups in total. The van der Waals surface area contributed by atoms with Gasteiger partial charge < -0.3 is 5.32 Å². The molecule has 2 aromatic carbocycles. The molecule has 0 heterocycles. The molecule has 0 bridgehead atoms. The Labute approximate surface area is 160 Å². The molecule has 0 atom stereocenters. The Morgan fingerprint density at radius 2 is 1.82 bits per heavy atom. The molecule has 0 saturated carbocycles. The molecule has 0 aliphatic rings. The maximum Gasteiger partial charge on any atom is 0.306 e. The Hall–Kier alpha value is -2.92. The highest BCUT2D eigenvalue weighted by molar-refractivity contribution is 7.89. The molecule has 0 fully saturated rings. The minimum absolute atomic E-state index is 0.0682. The van der Waals surface area contributed by atoms with Crippen LogP contribution in [0.5, 0.6) is 0 Å². The van der Waals surface area contributed by atoms with Crippen molar-refractivity contribution >= 4 is 21.6 Å². The summed E-state index contributed by atoms with van der Waals surface area (Å²) in [5, 5.41) is 13.3. The van der Waals surface area contributed by atoms with Crippen LogP contribution in [0.1, 0.15) is 12.5 Å². The van der Waals surface area contributed by atoms with Gasteiger partial charge in [-0.3, -0.25) is 14.9 Å². The van der Waals surface area contributed by atoms with E-state index in [9.17, 15) is 32.1 Å². The largest absolute Gasteiger partial charge is 0.351 e. The average molecular weight is 413 g/mol. The topological polar surface area (TPSA) is 110 Å². The summed E-state index contributed by atoms with van der Waals surface area (Å²) >= 11 is 0. The van der Waals surface area contributed by atoms with E-state index in [4.69, 9.17) is 0 Å². The second-order valence-electron chi connectivity index (χ2n) is 5.70. The number of hydrogen-bond acceptors (Lipinski definition) is 5. The average Bonchev–Trinajstić information content (AvgIpc) is 2.65. The number of carbonyl (C=O) groups excluding carboxylic acids is 1. The molecule has 2 aromatic rings. The molecular weight excluding hydrogens is 396 g/mol. The molecule has 0 unspecified atom stereocenters. The minimum atomic E-state index is -4.26. The van der Waals surface area contributed by atoms with Crippen molar-refractivity contribution in [3.05, 3.63) is 69.8 Å². The first-order valence-corrected chi connectivity index (χ1v) is 9.54. The molecule has 0 spiro atoms. The molecule has 28 heavy (non-hydrogen) atoms. The van der Waals surface area contributed by atoms with Crippen molar-refractivity contribution in [1.29, 1.82) is 0 Å². The summed E-state index contributed by atoms with van der Waals surface area (Å²) in [5.41, 5.74) is -0.354. The number of nitrogens with one attached hydrogen (secondary N) is 1. The predicted octanol–water partition coefficient (Wildman–Crippen LogP) is 2.20. The van der Waals surface area contributed by atoms with Crippen molar-refractivity contribution in [2.45, 2.75) is 18.4 Å². The summed E-state index contributed by atoms with van der Waals surface area (Å²) in [6.45, 7) is 0.935. The van der Waals surface area contributed by atoms with E-state index < -0.39 is 49.6 Å². The fourth-order valence-corrected chi connectivity index (χ4v) is 3.75. The number of halogens is 2. The maximum absolute atomic E-state index is 13.5. The lowest BCUT2D eigenvalue weighted by molar-refractivity contribution is -0.387. The standard InChI is InChI=1S/C17H17F2N3O5S/c1-2-21(11-17(23)20-10-12-3-5-13(18)6-4-12)28(26,27)14-7-8-15(19)16(9-14)22(24)25/h3-9H,2,10-11H2,1H3,(H,20,23). The highest BCUT2D eigenvalue weighted by Crippen LogP contribution is 2.23. The highest BCUT2D eigenvalue weighted by Gasteiger charge is 2.28. The van der Waals surface area contributed by atoms with Crippen LogP contribution in [0.25, 0.3) is 0 Å². The summed E-state index contributed by atoms with van der Waals surface area (Å²) in [4.78, 5) is 21.4. The van der Waals surface area contributed by atoms with E-state index in [1.165, 1.54) is 31.2 Å². The van der Waals surface area contributed by atoms with Gasteiger partial charge in [0, 0.05) is 19.2 Å². The highest BCUT2D eigenvalue weighted by atomic mass is 32.2. The van der Waals surface area contributed by atoms with E-state index in [1.54, 1.807) is 0 Å². The monoisotopic (exact) mass is 413 g/mol. The number of amides is 1. The number of nitrogens with zero attached hydrogens (tertiary/aromatic N) is 2. The van der Waals surface area contributed by atoms with Crippen molar-refractivity contribution in [1.82, 2.24) is 9.62 Å². The lowest BCUT2D eigenvalue weighted by Gasteiger charge is -2.20. The first-order chi connectivity index (χ1) is 13.1. The van der Waals surface area contributed by atoms with E-state index in [0.717, 1.165) is 10.4 Å². The maximum atomic E-state index is 13.5. The van der Waals surface area contributed by atoms with Crippen LogP contribution in [-0.2, 0) is 21.4 Å². The van der Waals surface area contributed by atoms with Crippen LogP contribution in [0.2, 0.25) is 0 Å². The first kappa shape index (κ1) is 21.4. The number of nitro benzene ring substituents is 1. The number of carbonyl (C=O) groups is 1. The van der Waals surface area contributed by atoms with Crippen molar-refractivity contribution < 1.29 is 26.9 Å². The van der Waals surface area contributed by atoms with Gasteiger partial charge in [-0.25, -0.2) is 12.8 Å². The van der Waals surface area contributed by atoms with Gasteiger partial charge in [0.15, 0.2) is 0 Å². The van der Waals surface area contributed by atoms with Gasteiger partial charge >= 0.3 is 5.69 Å². The number of likely N-dealkylation sites (N-methyl/N-ethyl adjacent to an activating group) is 1. The quantitative estimate of drug-likeness (QED) is 0.527. The van der Waals surface area contributed by atoms with E-state index in [0.29, 0.717) is 17.7 Å². The summed E-state index contributed by atoms with van der Waals surface area (Å²) < 4.78 is 52.4. The molecule has 1 amide bonds. The normalized spacial score (nSPS) is 11.4. The zero-order valence-corrected chi connectivity index (χ0v) is 15.6. The summed E-state index contributed by atoms with van der Waals surface area (Å²) in [5.74, 6) is -2.21. The summed E-state index contributed by atoms with van der Waals surface area (Å²) in [6.07, 6.45) is 0. The van der Waals surface area contributed by atoms with Crippen LogP contribution in [0.15, 0.2) is 47.4 Å². The van der Waals surface area contributed by atoms with Crippen LogP contribution in [-0.4, -0.2) is 36.6 Å². The SMILES string of the molecule is CCN(CC(=O)NCc1ccc(F)cc1)S(=O)(=O)c1ccc(F)c([N+](=O)[O-])c1. The molecule has 0 aliphatic heterocycles. The third kappa shape index (κ3) is 5.08. The number of nitro groups is 1. The molecule has 0 aromatic heterocycles. The van der Waals surface area contributed by atoms with E-state index >= 15 is 0 Å². The molecule has 0 aliphatic carbocycles. The van der Waals surface area contributed by atoms with Crippen LogP contribution in [0, 0.1) is 21.7 Å². The molecular formula is C17H17F2N3O5S. The Kier molecular flexibility index (Phi) is 6.75. The predicted molar refractivity (Wildman–Crippen MR) is 95.7 cm³/mol. The first-order valence-electron chi connectivity index (χ1n) is 8.10. The molecule has 0 radical (unpaired) electrons. The van der Waals surface area contributed by atoms with Crippen LogP contribution in [0.4, 0.5) is 14.5 Å². The van der Waals surface area contributed by atoms with Gasteiger partial charge in [-0.15, -0.1) is 0 Å². The van der Waals surface area contributed by atoms with Crippen molar-refractivity contribution in [3.8, 4) is 0 Å². The van der Waals surface area contributed by atoms with E-state index in [2.05, 4.69) is 5.32 Å². The van der Waals surface area contributed by atoms with Gasteiger partial charge in [-0.2, -0.15) is 8.70 Å². The zero-order chi connectivity index (χ0) is 20.9. The van der Waals surface area contributed by atoms with Crippen molar-refractivity contribution in [3.63, 3.8) is 0 Å². The Bertz CT molecular complexity index is 981. The van der Waals surface area contributed by atoms with E-state index in [1.807, 2.05) is 0 Å². The van der Waals surface area contributed by atoms with Gasteiger partial charge in [-0.1, -0.05) is 19.1 Å². The van der Waals surface area contributed by atoms with Crippen LogP contribution >= 0.6 is 0 Å². The van der Waals surface area contributed by atoms with Crippen LogP contribution < -0.4 is 5.32 Å². The number of hydrogen-bond donors (Lipinski definition) is 1. The summed E-state index contributed by atoms with van der Waals surface area (Å²) in [6, 6.07) is 7.61. The second-order valence-corrected chi connectivity index (χ2v) is 7.64. The molecule has 8 nitrogen and oxygen atoms in total. The van der Waals surface area contributed by atoms with Crippen LogP contribution in [0.3, 0.4) is 0 Å². The number of benzene rings is 2.